The van der Waals surface area contributed by atoms with Crippen molar-refractivity contribution in [2.75, 3.05) is 18.4 Å². The maximum atomic E-state index is 12.2. The number of rotatable bonds is 2. The summed E-state index contributed by atoms with van der Waals surface area (Å²) in [5.74, 6) is -0.158. The quantitative estimate of drug-likeness (QED) is 0.731. The van der Waals surface area contributed by atoms with E-state index in [1.807, 2.05) is 19.1 Å². The Balaban J connectivity index is 1.93. The summed E-state index contributed by atoms with van der Waals surface area (Å²) in [6.45, 7) is 3.02. The fourth-order valence-corrected chi connectivity index (χ4v) is 2.71. The maximum Gasteiger partial charge on any atom is 0.321 e. The van der Waals surface area contributed by atoms with Crippen LogP contribution in [0.3, 0.4) is 0 Å². The summed E-state index contributed by atoms with van der Waals surface area (Å²) in [4.78, 5) is 25.4. The highest BCUT2D eigenvalue weighted by Crippen LogP contribution is 2.24. The smallest absolute Gasteiger partial charge is 0.321 e. The van der Waals surface area contributed by atoms with Crippen molar-refractivity contribution in [2.45, 2.75) is 19.8 Å². The van der Waals surface area contributed by atoms with Crippen LogP contribution < -0.4 is 10.0 Å². The molecule has 2 N–H and O–H groups in total. The number of carbonyl (C=O) groups is 2. The Morgan fingerprint density at radius 1 is 1.33 bits per heavy atom. The SMILES string of the molecule is Cc1ccc(Cl)c(NC(=O)N2CCC(C(=O)NS)CC2)c1. The Bertz CT molecular complexity index is 545. The first-order chi connectivity index (χ1) is 10.0. The number of nitrogens with one attached hydrogen (secondary N) is 2. The van der Waals surface area contributed by atoms with Gasteiger partial charge in [-0.1, -0.05) is 30.5 Å². The van der Waals surface area contributed by atoms with Gasteiger partial charge in [0.15, 0.2) is 0 Å². The van der Waals surface area contributed by atoms with Crippen LogP contribution in [0, 0.1) is 12.8 Å². The monoisotopic (exact) mass is 327 g/mol. The van der Waals surface area contributed by atoms with Crippen LogP contribution in [0.1, 0.15) is 18.4 Å². The Hall–Kier alpha value is -1.40. The molecule has 0 spiro atoms. The topological polar surface area (TPSA) is 61.4 Å². The zero-order chi connectivity index (χ0) is 15.4. The van der Waals surface area contributed by atoms with Crippen LogP contribution in [0.5, 0.6) is 0 Å². The second kappa shape index (κ2) is 7.04. The molecule has 0 radical (unpaired) electrons. The molecule has 1 aromatic rings. The highest BCUT2D eigenvalue weighted by molar-refractivity contribution is 7.78. The van der Waals surface area contributed by atoms with Gasteiger partial charge in [-0.3, -0.25) is 4.79 Å². The number of anilines is 1. The Morgan fingerprint density at radius 3 is 2.62 bits per heavy atom. The molecule has 0 aromatic heterocycles. The lowest BCUT2D eigenvalue weighted by molar-refractivity contribution is -0.124. The number of halogens is 1. The molecular weight excluding hydrogens is 310 g/mol. The first-order valence-corrected chi connectivity index (χ1v) is 7.60. The van der Waals surface area contributed by atoms with E-state index < -0.39 is 0 Å². The molecular formula is C14H18ClN3O2S. The van der Waals surface area contributed by atoms with Gasteiger partial charge in [-0.05, 0) is 37.5 Å². The Kier molecular flexibility index (Phi) is 5.36. The van der Waals surface area contributed by atoms with E-state index in [4.69, 9.17) is 11.6 Å². The van der Waals surface area contributed by atoms with Gasteiger partial charge in [0, 0.05) is 19.0 Å². The molecule has 1 aromatic carbocycles. The average Bonchev–Trinajstić information content (AvgIpc) is 2.50. The van der Waals surface area contributed by atoms with Gasteiger partial charge in [0.1, 0.15) is 0 Å². The first-order valence-electron chi connectivity index (χ1n) is 6.77. The Labute approximate surface area is 134 Å². The molecule has 0 unspecified atom stereocenters. The van der Waals surface area contributed by atoms with Crippen molar-refractivity contribution in [3.8, 4) is 0 Å². The summed E-state index contributed by atoms with van der Waals surface area (Å²) in [6.07, 6.45) is 1.28. The summed E-state index contributed by atoms with van der Waals surface area (Å²) in [6, 6.07) is 5.30. The van der Waals surface area contributed by atoms with Crippen molar-refractivity contribution in [1.82, 2.24) is 9.62 Å². The molecule has 0 atom stereocenters. The van der Waals surface area contributed by atoms with Crippen LogP contribution in [-0.4, -0.2) is 29.9 Å². The van der Waals surface area contributed by atoms with Gasteiger partial charge in [-0.2, -0.15) is 0 Å². The number of benzene rings is 1. The van der Waals surface area contributed by atoms with E-state index in [0.29, 0.717) is 36.6 Å². The number of amides is 3. The van der Waals surface area contributed by atoms with Crippen LogP contribution in [0.4, 0.5) is 10.5 Å². The number of likely N-dealkylation sites (tertiary alicyclic amines) is 1. The van der Waals surface area contributed by atoms with Crippen molar-refractivity contribution in [1.29, 1.82) is 0 Å². The minimum atomic E-state index is -0.188. The fourth-order valence-electron chi connectivity index (χ4n) is 2.37. The van der Waals surface area contributed by atoms with Crippen LogP contribution >= 0.6 is 24.4 Å². The first kappa shape index (κ1) is 16.0. The second-order valence-corrected chi connectivity index (χ2v) is 5.78. The molecule has 1 heterocycles. The molecule has 0 aliphatic carbocycles. The molecule has 0 bridgehead atoms. The van der Waals surface area contributed by atoms with E-state index in [-0.39, 0.29) is 17.9 Å². The minimum Gasteiger partial charge on any atom is -0.324 e. The lowest BCUT2D eigenvalue weighted by Crippen LogP contribution is -2.43. The average molecular weight is 328 g/mol. The van der Waals surface area contributed by atoms with E-state index in [1.165, 1.54) is 0 Å². The highest BCUT2D eigenvalue weighted by Gasteiger charge is 2.27. The lowest BCUT2D eigenvalue weighted by Gasteiger charge is -2.31. The number of urea groups is 1. The van der Waals surface area contributed by atoms with Gasteiger partial charge in [-0.15, -0.1) is 0 Å². The minimum absolute atomic E-state index is 0.0749. The molecule has 1 fully saturated rings. The Morgan fingerprint density at radius 2 is 2.00 bits per heavy atom. The maximum absolute atomic E-state index is 12.2. The predicted molar refractivity (Wildman–Crippen MR) is 86.6 cm³/mol. The van der Waals surface area contributed by atoms with E-state index in [0.717, 1.165) is 5.56 Å². The van der Waals surface area contributed by atoms with Crippen LogP contribution in [0.25, 0.3) is 0 Å². The fraction of sp³-hybridized carbons (Fsp3) is 0.429. The van der Waals surface area contributed by atoms with Gasteiger partial charge in [0.25, 0.3) is 0 Å². The summed E-state index contributed by atoms with van der Waals surface area (Å²) in [5, 5.41) is 3.33. The van der Waals surface area contributed by atoms with Crippen LogP contribution in [0.15, 0.2) is 18.2 Å². The summed E-state index contributed by atoms with van der Waals surface area (Å²) in [7, 11) is 0. The molecule has 0 saturated carbocycles. The van der Waals surface area contributed by atoms with Crippen molar-refractivity contribution in [3.63, 3.8) is 0 Å². The molecule has 1 aliphatic heterocycles. The third-order valence-corrected chi connectivity index (χ3v) is 4.18. The van der Waals surface area contributed by atoms with E-state index in [1.54, 1.807) is 11.0 Å². The largest absolute Gasteiger partial charge is 0.324 e. The number of thiol groups is 1. The number of carbonyl (C=O) groups excluding carboxylic acids is 2. The van der Waals surface area contributed by atoms with E-state index >= 15 is 0 Å². The number of hydrogen-bond acceptors (Lipinski definition) is 3. The van der Waals surface area contributed by atoms with E-state index in [9.17, 15) is 9.59 Å². The molecule has 7 heteroatoms. The zero-order valence-corrected chi connectivity index (χ0v) is 13.4. The summed E-state index contributed by atoms with van der Waals surface area (Å²) < 4.78 is 2.35. The molecule has 21 heavy (non-hydrogen) atoms. The van der Waals surface area contributed by atoms with Gasteiger partial charge < -0.3 is 14.9 Å². The standard InChI is InChI=1S/C14H18ClN3O2S/c1-9-2-3-11(15)12(8-9)16-14(20)18-6-4-10(5-7-18)13(19)17-21/h2-3,8,10,21H,4-7H2,1H3,(H,16,20)(H,17,19). The predicted octanol–water partition coefficient (Wildman–Crippen LogP) is 2.85. The lowest BCUT2D eigenvalue weighted by atomic mass is 9.96. The van der Waals surface area contributed by atoms with E-state index in [2.05, 4.69) is 22.9 Å². The van der Waals surface area contributed by atoms with Crippen molar-refractivity contribution < 1.29 is 9.59 Å². The van der Waals surface area contributed by atoms with Crippen molar-refractivity contribution in [2.24, 2.45) is 5.92 Å². The van der Waals surface area contributed by atoms with Crippen LogP contribution in [-0.2, 0) is 4.79 Å². The van der Waals surface area contributed by atoms with Gasteiger partial charge >= 0.3 is 6.03 Å². The normalized spacial score (nSPS) is 15.7. The van der Waals surface area contributed by atoms with Gasteiger partial charge in [0.2, 0.25) is 5.91 Å². The molecule has 114 valence electrons. The van der Waals surface area contributed by atoms with Crippen molar-refractivity contribution >= 4 is 42.0 Å². The highest BCUT2D eigenvalue weighted by atomic mass is 35.5. The van der Waals surface area contributed by atoms with Crippen molar-refractivity contribution in [3.05, 3.63) is 28.8 Å². The number of nitrogens with zero attached hydrogens (tertiary/aromatic N) is 1. The number of hydrogen-bond donors (Lipinski definition) is 3. The molecule has 1 saturated heterocycles. The molecule has 5 nitrogen and oxygen atoms in total. The van der Waals surface area contributed by atoms with Crippen LogP contribution in [0.2, 0.25) is 5.02 Å². The third kappa shape index (κ3) is 4.04. The molecule has 1 aliphatic rings. The summed E-state index contributed by atoms with van der Waals surface area (Å²) in [5.41, 5.74) is 1.63. The third-order valence-electron chi connectivity index (χ3n) is 3.63. The summed E-state index contributed by atoms with van der Waals surface area (Å²) >= 11 is 9.84. The molecule has 2 rings (SSSR count). The van der Waals surface area contributed by atoms with Gasteiger partial charge in [-0.25, -0.2) is 4.79 Å². The molecule has 3 amide bonds. The second-order valence-electron chi connectivity index (χ2n) is 5.15. The zero-order valence-electron chi connectivity index (χ0n) is 11.7. The number of piperidine rings is 1. The van der Waals surface area contributed by atoms with Gasteiger partial charge in [0.05, 0.1) is 10.7 Å². The number of aryl methyl sites for hydroxylation is 1.